The van der Waals surface area contributed by atoms with Gasteiger partial charge in [-0.15, -0.1) is 0 Å². The number of methoxy groups -OCH3 is 1. The number of carbonyl (C=O) groups is 1. The first-order valence-corrected chi connectivity index (χ1v) is 8.19. The molecule has 0 aliphatic carbocycles. The monoisotopic (exact) mass is 343 g/mol. The number of aromatic nitrogens is 2. The number of anilines is 1. The Balaban J connectivity index is 1.95. The van der Waals surface area contributed by atoms with Gasteiger partial charge in [-0.05, 0) is 34.4 Å². The van der Waals surface area contributed by atoms with Gasteiger partial charge in [-0.3, -0.25) is 10.1 Å². The third kappa shape index (κ3) is 2.32. The molecule has 1 N–H and O–H groups in total. The van der Waals surface area contributed by atoms with Crippen molar-refractivity contribution in [2.45, 2.75) is 11.3 Å². The van der Waals surface area contributed by atoms with Gasteiger partial charge in [0, 0.05) is 0 Å². The molecule has 0 saturated heterocycles. The Labute approximate surface area is 130 Å². The number of sulfone groups is 1. The first-order valence-electron chi connectivity index (χ1n) is 6.16. The summed E-state index contributed by atoms with van der Waals surface area (Å²) in [6.07, 6.45) is 0.284. The fraction of sp³-hybridized carbons (Fsp3) is 0.250. The zero-order valence-corrected chi connectivity index (χ0v) is 12.9. The number of fused-ring (bicyclic) bond motifs is 1. The predicted molar refractivity (Wildman–Crippen MR) is 76.0 cm³/mol. The maximum atomic E-state index is 12.3. The number of benzene rings is 1. The number of hydrogen-bond acceptors (Lipinski definition) is 7. The zero-order valence-electron chi connectivity index (χ0n) is 11.3. The SMILES string of the molecule is COc1nonc1NC(=O)c1ccc2c(c1Cl)CCS2(=O)=O. The van der Waals surface area contributed by atoms with Crippen LogP contribution in [0.4, 0.5) is 5.82 Å². The van der Waals surface area contributed by atoms with Gasteiger partial charge in [0.05, 0.1) is 28.3 Å². The molecule has 8 nitrogen and oxygen atoms in total. The van der Waals surface area contributed by atoms with Crippen molar-refractivity contribution in [3.63, 3.8) is 0 Å². The van der Waals surface area contributed by atoms with E-state index in [0.29, 0.717) is 5.56 Å². The van der Waals surface area contributed by atoms with Gasteiger partial charge in [-0.2, -0.15) is 0 Å². The van der Waals surface area contributed by atoms with Crippen LogP contribution < -0.4 is 10.1 Å². The fourth-order valence-corrected chi connectivity index (χ4v) is 4.16. The summed E-state index contributed by atoms with van der Waals surface area (Å²) in [5, 5.41) is 9.50. The minimum absolute atomic E-state index is 0.00580. The highest BCUT2D eigenvalue weighted by Gasteiger charge is 2.30. The van der Waals surface area contributed by atoms with Gasteiger partial charge in [0.25, 0.3) is 5.91 Å². The maximum absolute atomic E-state index is 12.3. The zero-order chi connectivity index (χ0) is 15.9. The predicted octanol–water partition coefficient (Wildman–Crippen LogP) is 1.31. The number of rotatable bonds is 3. The second kappa shape index (κ2) is 5.25. The number of nitrogens with one attached hydrogen (secondary N) is 1. The van der Waals surface area contributed by atoms with E-state index in [0.717, 1.165) is 0 Å². The molecule has 1 aliphatic rings. The molecule has 2 aromatic rings. The van der Waals surface area contributed by atoms with Crippen molar-refractivity contribution in [3.8, 4) is 5.88 Å². The van der Waals surface area contributed by atoms with Crippen molar-refractivity contribution < 1.29 is 22.6 Å². The van der Waals surface area contributed by atoms with E-state index in [1.165, 1.54) is 19.2 Å². The van der Waals surface area contributed by atoms with Crippen LogP contribution in [0.5, 0.6) is 5.88 Å². The largest absolute Gasteiger partial charge is 0.476 e. The van der Waals surface area contributed by atoms with E-state index in [-0.39, 0.29) is 39.4 Å². The standard InChI is InChI=1S/C12H10ClN3O5S/c1-20-12-10(15-21-16-12)14-11(17)7-2-3-8-6(9(7)13)4-5-22(8,18)19/h2-3H,4-5H2,1H3,(H,14,15,17). The summed E-state index contributed by atoms with van der Waals surface area (Å²) in [5.74, 6) is -0.537. The number of halogens is 1. The first kappa shape index (κ1) is 14.8. The van der Waals surface area contributed by atoms with Crippen molar-refractivity contribution >= 4 is 33.2 Å². The van der Waals surface area contributed by atoms with Crippen LogP contribution in [0.1, 0.15) is 15.9 Å². The van der Waals surface area contributed by atoms with Crippen LogP contribution in [0, 0.1) is 0 Å². The molecule has 2 heterocycles. The van der Waals surface area contributed by atoms with E-state index in [2.05, 4.69) is 20.3 Å². The molecule has 0 radical (unpaired) electrons. The van der Waals surface area contributed by atoms with Crippen LogP contribution in [0.2, 0.25) is 5.02 Å². The molecule has 1 aromatic heterocycles. The van der Waals surface area contributed by atoms with Crippen molar-refractivity contribution in [2.75, 3.05) is 18.2 Å². The van der Waals surface area contributed by atoms with Crippen molar-refractivity contribution in [3.05, 3.63) is 28.3 Å². The smallest absolute Gasteiger partial charge is 0.300 e. The number of carbonyl (C=O) groups excluding carboxylic acids is 1. The van der Waals surface area contributed by atoms with E-state index in [9.17, 15) is 13.2 Å². The average molecular weight is 344 g/mol. The Morgan fingerprint density at radius 2 is 2.18 bits per heavy atom. The molecular formula is C12H10ClN3O5S. The van der Waals surface area contributed by atoms with Gasteiger partial charge in [0.1, 0.15) is 0 Å². The lowest BCUT2D eigenvalue weighted by molar-refractivity contribution is 0.102. The summed E-state index contributed by atoms with van der Waals surface area (Å²) < 4.78 is 33.0. The van der Waals surface area contributed by atoms with E-state index in [1.54, 1.807) is 0 Å². The third-order valence-corrected chi connectivity index (χ3v) is 5.51. The Bertz CT molecular complexity index is 862. The number of amides is 1. The normalized spacial score (nSPS) is 15.4. The highest BCUT2D eigenvalue weighted by molar-refractivity contribution is 7.91. The molecule has 22 heavy (non-hydrogen) atoms. The lowest BCUT2D eigenvalue weighted by atomic mass is 10.1. The fourth-order valence-electron chi connectivity index (χ4n) is 2.22. The highest BCUT2D eigenvalue weighted by Crippen LogP contribution is 2.34. The second-order valence-corrected chi connectivity index (χ2v) is 7.00. The van der Waals surface area contributed by atoms with Gasteiger partial charge in [0.15, 0.2) is 9.84 Å². The molecule has 1 amide bonds. The minimum Gasteiger partial charge on any atom is -0.476 e. The average Bonchev–Trinajstić information content (AvgIpc) is 3.04. The van der Waals surface area contributed by atoms with Crippen LogP contribution in [0.15, 0.2) is 21.7 Å². The summed E-state index contributed by atoms with van der Waals surface area (Å²) >= 11 is 6.17. The second-order valence-electron chi connectivity index (χ2n) is 4.55. The lowest BCUT2D eigenvalue weighted by Crippen LogP contribution is -2.14. The molecule has 116 valence electrons. The lowest BCUT2D eigenvalue weighted by Gasteiger charge is -2.08. The van der Waals surface area contributed by atoms with Crippen LogP contribution in [-0.2, 0) is 16.3 Å². The van der Waals surface area contributed by atoms with E-state index in [1.807, 2.05) is 0 Å². The van der Waals surface area contributed by atoms with Gasteiger partial charge >= 0.3 is 5.88 Å². The molecule has 1 aliphatic heterocycles. The maximum Gasteiger partial charge on any atom is 0.300 e. The van der Waals surface area contributed by atoms with Crippen molar-refractivity contribution in [2.24, 2.45) is 0 Å². The first-order chi connectivity index (χ1) is 10.4. The van der Waals surface area contributed by atoms with Gasteiger partial charge in [-0.1, -0.05) is 11.6 Å². The molecule has 3 rings (SSSR count). The van der Waals surface area contributed by atoms with E-state index in [4.69, 9.17) is 16.3 Å². The van der Waals surface area contributed by atoms with Crippen LogP contribution in [-0.4, -0.2) is 37.5 Å². The molecule has 0 saturated carbocycles. The Morgan fingerprint density at radius 3 is 2.91 bits per heavy atom. The molecular weight excluding hydrogens is 334 g/mol. The Hall–Kier alpha value is -2.13. The summed E-state index contributed by atoms with van der Waals surface area (Å²) in [6.45, 7) is 0. The van der Waals surface area contributed by atoms with E-state index < -0.39 is 15.7 Å². The Morgan fingerprint density at radius 1 is 1.41 bits per heavy atom. The van der Waals surface area contributed by atoms with Crippen LogP contribution in [0.25, 0.3) is 0 Å². The van der Waals surface area contributed by atoms with Crippen molar-refractivity contribution in [1.29, 1.82) is 0 Å². The molecule has 0 unspecified atom stereocenters. The molecule has 0 bridgehead atoms. The quantitative estimate of drug-likeness (QED) is 0.894. The number of ether oxygens (including phenoxy) is 1. The molecule has 10 heteroatoms. The van der Waals surface area contributed by atoms with Gasteiger partial charge in [-0.25, -0.2) is 13.0 Å². The molecule has 0 fully saturated rings. The molecule has 0 atom stereocenters. The minimum atomic E-state index is -3.30. The number of nitrogens with zero attached hydrogens (tertiary/aromatic N) is 2. The van der Waals surface area contributed by atoms with Crippen LogP contribution >= 0.6 is 11.6 Å². The Kier molecular flexibility index (Phi) is 3.53. The third-order valence-electron chi connectivity index (χ3n) is 3.28. The highest BCUT2D eigenvalue weighted by atomic mass is 35.5. The summed E-state index contributed by atoms with van der Waals surface area (Å²) in [5.41, 5.74) is 0.599. The molecule has 0 spiro atoms. The van der Waals surface area contributed by atoms with Gasteiger partial charge in [0.2, 0.25) is 5.82 Å². The van der Waals surface area contributed by atoms with E-state index >= 15 is 0 Å². The number of hydrogen-bond donors (Lipinski definition) is 1. The molecule has 1 aromatic carbocycles. The summed E-state index contributed by atoms with van der Waals surface area (Å²) in [4.78, 5) is 12.4. The van der Waals surface area contributed by atoms with Crippen LogP contribution in [0.3, 0.4) is 0 Å². The summed E-state index contributed by atoms with van der Waals surface area (Å²) in [7, 11) is -1.96. The summed E-state index contributed by atoms with van der Waals surface area (Å²) in [6, 6.07) is 2.75. The topological polar surface area (TPSA) is 111 Å². The van der Waals surface area contributed by atoms with Crippen molar-refractivity contribution in [1.82, 2.24) is 10.3 Å². The van der Waals surface area contributed by atoms with Gasteiger partial charge < -0.3 is 4.74 Å².